The normalized spacial score (nSPS) is 17.0. The first-order valence-electron chi connectivity index (χ1n) is 10.4. The predicted molar refractivity (Wildman–Crippen MR) is 110 cm³/mol. The van der Waals surface area contributed by atoms with Crippen LogP contribution in [0.4, 0.5) is 11.6 Å². The van der Waals surface area contributed by atoms with Gasteiger partial charge in [0.05, 0.1) is 6.20 Å². The Morgan fingerprint density at radius 2 is 2.00 bits per heavy atom. The van der Waals surface area contributed by atoms with E-state index in [1.807, 2.05) is 0 Å². The first-order valence-corrected chi connectivity index (χ1v) is 10.4. The van der Waals surface area contributed by atoms with Crippen LogP contribution >= 0.6 is 0 Å². The summed E-state index contributed by atoms with van der Waals surface area (Å²) in [7, 11) is 0. The summed E-state index contributed by atoms with van der Waals surface area (Å²) in [6.45, 7) is 1.74. The largest absolute Gasteiger partial charge is 0.494 e. The number of hydrogen-bond acceptors (Lipinski definition) is 8. The Labute approximate surface area is 177 Å². The van der Waals surface area contributed by atoms with Crippen LogP contribution < -0.4 is 16.2 Å². The number of rotatable bonds is 6. The third-order valence-electron chi connectivity index (χ3n) is 5.59. The SMILES string of the molecule is O=C(NC1CC1)c1c(O)n(CC2CCOCC2)c2cc(Nc3cnccn3)nn2c1=O. The van der Waals surface area contributed by atoms with Gasteiger partial charge in [0.25, 0.3) is 11.5 Å². The van der Waals surface area contributed by atoms with E-state index in [2.05, 4.69) is 25.7 Å². The van der Waals surface area contributed by atoms with Crippen LogP contribution in [0.5, 0.6) is 5.88 Å². The smallest absolute Gasteiger partial charge is 0.291 e. The lowest BCUT2D eigenvalue weighted by atomic mass is 10.0. The van der Waals surface area contributed by atoms with Crippen molar-refractivity contribution < 1.29 is 14.6 Å². The molecule has 0 atom stereocenters. The zero-order valence-corrected chi connectivity index (χ0v) is 16.8. The quantitative estimate of drug-likeness (QED) is 0.533. The highest BCUT2D eigenvalue weighted by molar-refractivity contribution is 5.96. The summed E-state index contributed by atoms with van der Waals surface area (Å²) in [4.78, 5) is 34.0. The lowest BCUT2D eigenvalue weighted by Crippen LogP contribution is -2.35. The van der Waals surface area contributed by atoms with Gasteiger partial charge < -0.3 is 20.5 Å². The Hall–Kier alpha value is -3.47. The third-order valence-corrected chi connectivity index (χ3v) is 5.59. The molecule has 0 unspecified atom stereocenters. The van der Waals surface area contributed by atoms with Crippen LogP contribution in [0.25, 0.3) is 5.65 Å². The van der Waals surface area contributed by atoms with E-state index in [1.54, 1.807) is 16.8 Å². The maximum absolute atomic E-state index is 13.1. The van der Waals surface area contributed by atoms with Crippen LogP contribution in [0.15, 0.2) is 29.5 Å². The lowest BCUT2D eigenvalue weighted by Gasteiger charge is -2.24. The number of amides is 1. The number of nitrogens with zero attached hydrogens (tertiary/aromatic N) is 5. The first kappa shape index (κ1) is 19.5. The van der Waals surface area contributed by atoms with E-state index in [0.717, 1.165) is 30.2 Å². The molecular weight excluding hydrogens is 402 g/mol. The summed E-state index contributed by atoms with van der Waals surface area (Å²) >= 11 is 0. The van der Waals surface area contributed by atoms with Crippen molar-refractivity contribution in [2.24, 2.45) is 5.92 Å². The molecule has 4 heterocycles. The number of carbonyl (C=O) groups is 1. The Kier molecular flexibility index (Phi) is 5.02. The number of carbonyl (C=O) groups excluding carboxylic acids is 1. The van der Waals surface area contributed by atoms with E-state index in [9.17, 15) is 14.7 Å². The molecule has 0 spiro atoms. The monoisotopic (exact) mass is 425 g/mol. The number of ether oxygens (including phenoxy) is 1. The molecule has 3 aromatic rings. The Morgan fingerprint density at radius 3 is 2.71 bits per heavy atom. The molecule has 1 saturated heterocycles. The zero-order chi connectivity index (χ0) is 21.4. The molecule has 162 valence electrons. The van der Waals surface area contributed by atoms with Crippen LogP contribution in [0, 0.1) is 5.92 Å². The molecule has 0 radical (unpaired) electrons. The fourth-order valence-corrected chi connectivity index (χ4v) is 3.76. The molecule has 2 aliphatic rings. The van der Waals surface area contributed by atoms with Crippen LogP contribution in [-0.2, 0) is 11.3 Å². The number of aromatic hydroxyl groups is 1. The minimum absolute atomic E-state index is 0.0532. The molecule has 31 heavy (non-hydrogen) atoms. The standard InChI is InChI=1S/C20H23N7O4/c28-18(23-13-1-2-13)17-19(29)26(11-12-3-7-31-8-4-12)16-9-14(25-27(16)20(17)30)24-15-10-21-5-6-22-15/h5-6,9-10,12-13,29H,1-4,7-8,11H2,(H,23,28)(H,22,24,25). The molecule has 1 amide bonds. The summed E-state index contributed by atoms with van der Waals surface area (Å²) in [5, 5.41) is 21.1. The average molecular weight is 425 g/mol. The van der Waals surface area contributed by atoms with Gasteiger partial charge in [-0.15, -0.1) is 5.10 Å². The van der Waals surface area contributed by atoms with Gasteiger partial charge in [0, 0.05) is 44.3 Å². The van der Waals surface area contributed by atoms with Crippen molar-refractivity contribution in [3.05, 3.63) is 40.6 Å². The van der Waals surface area contributed by atoms with Gasteiger partial charge in [-0.3, -0.25) is 19.1 Å². The van der Waals surface area contributed by atoms with Crippen LogP contribution in [0.1, 0.15) is 36.0 Å². The molecule has 1 aliphatic carbocycles. The second-order valence-corrected chi connectivity index (χ2v) is 7.93. The van der Waals surface area contributed by atoms with Crippen LogP contribution in [0.3, 0.4) is 0 Å². The van der Waals surface area contributed by atoms with E-state index >= 15 is 0 Å². The molecule has 2 fully saturated rings. The predicted octanol–water partition coefficient (Wildman–Crippen LogP) is 1.05. The third kappa shape index (κ3) is 3.96. The number of anilines is 2. The zero-order valence-electron chi connectivity index (χ0n) is 16.8. The second kappa shape index (κ2) is 7.99. The molecule has 1 aliphatic heterocycles. The molecule has 0 aromatic carbocycles. The van der Waals surface area contributed by atoms with Crippen LogP contribution in [-0.4, -0.2) is 54.4 Å². The van der Waals surface area contributed by atoms with Crippen molar-refractivity contribution >= 4 is 23.2 Å². The minimum atomic E-state index is -0.666. The van der Waals surface area contributed by atoms with Gasteiger partial charge in [-0.2, -0.15) is 4.52 Å². The van der Waals surface area contributed by atoms with Gasteiger partial charge in [-0.05, 0) is 31.6 Å². The summed E-state index contributed by atoms with van der Waals surface area (Å²) in [6.07, 6.45) is 8.03. The average Bonchev–Trinajstić information content (AvgIpc) is 3.49. The fraction of sp³-hybridized carbons (Fsp3) is 0.450. The number of nitrogens with one attached hydrogen (secondary N) is 2. The van der Waals surface area contributed by atoms with Crippen molar-refractivity contribution in [1.29, 1.82) is 0 Å². The highest BCUT2D eigenvalue weighted by atomic mass is 16.5. The van der Waals surface area contributed by atoms with Crippen molar-refractivity contribution in [3.63, 3.8) is 0 Å². The van der Waals surface area contributed by atoms with Gasteiger partial charge in [-0.1, -0.05) is 0 Å². The van der Waals surface area contributed by atoms with Gasteiger partial charge in [0.2, 0.25) is 5.88 Å². The molecule has 11 heteroatoms. The summed E-state index contributed by atoms with van der Waals surface area (Å²) in [6, 6.07) is 1.70. The fourth-order valence-electron chi connectivity index (χ4n) is 3.76. The van der Waals surface area contributed by atoms with Gasteiger partial charge in [-0.25, -0.2) is 4.98 Å². The maximum atomic E-state index is 13.1. The highest BCUT2D eigenvalue weighted by Gasteiger charge is 2.30. The van der Waals surface area contributed by atoms with Gasteiger partial charge in [0.15, 0.2) is 11.4 Å². The first-order chi connectivity index (χ1) is 15.1. The second-order valence-electron chi connectivity index (χ2n) is 7.93. The molecule has 11 nitrogen and oxygen atoms in total. The highest BCUT2D eigenvalue weighted by Crippen LogP contribution is 2.26. The molecule has 3 aromatic heterocycles. The molecule has 1 saturated carbocycles. The van der Waals surface area contributed by atoms with Gasteiger partial charge in [0.1, 0.15) is 11.5 Å². The molecule has 3 N–H and O–H groups in total. The Balaban J connectivity index is 1.59. The maximum Gasteiger partial charge on any atom is 0.291 e. The van der Waals surface area contributed by atoms with Crippen molar-refractivity contribution in [2.75, 3.05) is 18.5 Å². The van der Waals surface area contributed by atoms with E-state index in [0.29, 0.717) is 37.0 Å². The van der Waals surface area contributed by atoms with Crippen molar-refractivity contribution in [1.82, 2.24) is 29.5 Å². The number of aromatic nitrogens is 5. The van der Waals surface area contributed by atoms with E-state index in [4.69, 9.17) is 4.74 Å². The number of fused-ring (bicyclic) bond motifs is 1. The van der Waals surface area contributed by atoms with E-state index < -0.39 is 11.5 Å². The van der Waals surface area contributed by atoms with E-state index in [-0.39, 0.29) is 23.4 Å². The minimum Gasteiger partial charge on any atom is -0.494 e. The van der Waals surface area contributed by atoms with Gasteiger partial charge >= 0.3 is 0 Å². The Morgan fingerprint density at radius 1 is 1.19 bits per heavy atom. The topological polar surface area (TPSA) is 136 Å². The molecule has 0 bridgehead atoms. The summed E-state index contributed by atoms with van der Waals surface area (Å²) in [5.41, 5.74) is -0.565. The van der Waals surface area contributed by atoms with Crippen molar-refractivity contribution in [2.45, 2.75) is 38.3 Å². The number of hydrogen-bond donors (Lipinski definition) is 3. The lowest BCUT2D eigenvalue weighted by molar-refractivity contribution is 0.0607. The summed E-state index contributed by atoms with van der Waals surface area (Å²) in [5.74, 6) is 0.152. The van der Waals surface area contributed by atoms with Crippen LogP contribution in [0.2, 0.25) is 0 Å². The molecular formula is C20H23N7O4. The molecule has 5 rings (SSSR count). The van der Waals surface area contributed by atoms with Crippen molar-refractivity contribution in [3.8, 4) is 5.88 Å². The summed E-state index contributed by atoms with van der Waals surface area (Å²) < 4.78 is 8.17. The van der Waals surface area contributed by atoms with E-state index in [1.165, 1.54) is 12.4 Å². The Bertz CT molecular complexity index is 1160.